The van der Waals surface area contributed by atoms with Crippen LogP contribution < -0.4 is 0 Å². The zero-order valence-electron chi connectivity index (χ0n) is 19.4. The summed E-state index contributed by atoms with van der Waals surface area (Å²) < 4.78 is 10.5. The number of carbonyl (C=O) groups excluding carboxylic acids is 3. The fraction of sp³-hybridized carbons (Fsp3) is 0.880. The number of aliphatic hydroxyl groups is 1. The predicted molar refractivity (Wildman–Crippen MR) is 114 cm³/mol. The minimum absolute atomic E-state index is 0.0523. The standard InChI is InChI=1S/C25H38O6/c1-15(26)30-14-22(28)25(29)12-9-21-19-6-5-17-13-18(31-16(2)27)7-10-23(17,3)20(19)8-11-24(21,25)4/h17-21,29H,5-14H2,1-4H3/t17-,18+,19-,20+,21+,23+,24+,25+/m1/s1. The van der Waals surface area contributed by atoms with Crippen LogP contribution in [0, 0.1) is 34.5 Å². The Kier molecular flexibility index (Phi) is 5.77. The molecular formula is C25H38O6. The van der Waals surface area contributed by atoms with E-state index in [1.165, 1.54) is 13.8 Å². The van der Waals surface area contributed by atoms with Crippen LogP contribution >= 0.6 is 0 Å². The number of hydrogen-bond acceptors (Lipinski definition) is 6. The van der Waals surface area contributed by atoms with Gasteiger partial charge in [0.25, 0.3) is 0 Å². The van der Waals surface area contributed by atoms with E-state index in [9.17, 15) is 19.5 Å². The fourth-order valence-corrected chi connectivity index (χ4v) is 8.32. The van der Waals surface area contributed by atoms with E-state index < -0.39 is 17.0 Å². The van der Waals surface area contributed by atoms with Crippen molar-refractivity contribution < 1.29 is 29.0 Å². The molecule has 0 heterocycles. The van der Waals surface area contributed by atoms with Crippen molar-refractivity contribution in [1.82, 2.24) is 0 Å². The molecule has 0 amide bonds. The SMILES string of the molecule is CC(=O)OCC(=O)[C@@]1(O)CC[C@H]2[C@@H]3CC[C@@H]4C[C@@H](OC(C)=O)CC[C@]4(C)[C@H]3CC[C@@]21C. The van der Waals surface area contributed by atoms with Crippen LogP contribution in [0.5, 0.6) is 0 Å². The molecule has 4 aliphatic rings. The van der Waals surface area contributed by atoms with Crippen molar-refractivity contribution in [3.63, 3.8) is 0 Å². The van der Waals surface area contributed by atoms with E-state index in [4.69, 9.17) is 9.47 Å². The molecule has 6 heteroatoms. The van der Waals surface area contributed by atoms with Crippen molar-refractivity contribution in [3.05, 3.63) is 0 Å². The van der Waals surface area contributed by atoms with E-state index >= 15 is 0 Å². The van der Waals surface area contributed by atoms with Gasteiger partial charge >= 0.3 is 11.9 Å². The van der Waals surface area contributed by atoms with Gasteiger partial charge in [-0.3, -0.25) is 14.4 Å². The molecule has 6 nitrogen and oxygen atoms in total. The molecule has 0 bridgehead atoms. The van der Waals surface area contributed by atoms with Gasteiger partial charge in [0.15, 0.2) is 6.61 Å². The summed E-state index contributed by atoms with van der Waals surface area (Å²) in [5.74, 6) is 0.987. The normalized spacial score (nSPS) is 46.3. The lowest BCUT2D eigenvalue weighted by molar-refractivity contribution is -0.179. The Balaban J connectivity index is 1.52. The third-order valence-electron chi connectivity index (χ3n) is 9.97. The summed E-state index contributed by atoms with van der Waals surface area (Å²) in [4.78, 5) is 35.6. The maximum absolute atomic E-state index is 12.9. The Hall–Kier alpha value is -1.43. The lowest BCUT2D eigenvalue weighted by Crippen LogP contribution is -2.59. The zero-order valence-corrected chi connectivity index (χ0v) is 19.4. The van der Waals surface area contributed by atoms with Gasteiger partial charge in [-0.2, -0.15) is 0 Å². The first kappa shape index (κ1) is 22.8. The highest BCUT2D eigenvalue weighted by atomic mass is 16.5. The van der Waals surface area contributed by atoms with Crippen molar-refractivity contribution in [1.29, 1.82) is 0 Å². The maximum Gasteiger partial charge on any atom is 0.303 e. The van der Waals surface area contributed by atoms with E-state index in [2.05, 4.69) is 13.8 Å². The van der Waals surface area contributed by atoms with Crippen LogP contribution in [0.15, 0.2) is 0 Å². The summed E-state index contributed by atoms with van der Waals surface area (Å²) in [7, 11) is 0. The second-order valence-electron chi connectivity index (χ2n) is 11.2. The van der Waals surface area contributed by atoms with Gasteiger partial charge in [-0.15, -0.1) is 0 Å². The topological polar surface area (TPSA) is 89.9 Å². The summed E-state index contributed by atoms with van der Waals surface area (Å²) >= 11 is 0. The zero-order chi connectivity index (χ0) is 22.6. The smallest absolute Gasteiger partial charge is 0.303 e. The number of hydrogen-bond donors (Lipinski definition) is 1. The first-order valence-corrected chi connectivity index (χ1v) is 12.1. The van der Waals surface area contributed by atoms with Gasteiger partial charge in [0.1, 0.15) is 11.7 Å². The number of fused-ring (bicyclic) bond motifs is 5. The number of rotatable bonds is 4. The Morgan fingerprint density at radius 2 is 1.61 bits per heavy atom. The molecule has 4 saturated carbocycles. The number of Topliss-reactive ketones (excluding diaryl/α,β-unsaturated/α-hetero) is 1. The fourth-order valence-electron chi connectivity index (χ4n) is 8.32. The molecule has 0 aliphatic heterocycles. The molecule has 0 radical (unpaired) electrons. The molecule has 0 unspecified atom stereocenters. The van der Waals surface area contributed by atoms with Crippen molar-refractivity contribution in [3.8, 4) is 0 Å². The van der Waals surface area contributed by atoms with Crippen LogP contribution in [0.1, 0.15) is 85.5 Å². The van der Waals surface area contributed by atoms with Gasteiger partial charge < -0.3 is 14.6 Å². The van der Waals surface area contributed by atoms with Crippen LogP contribution in [0.4, 0.5) is 0 Å². The number of ether oxygens (including phenoxy) is 2. The van der Waals surface area contributed by atoms with Crippen LogP contribution in [-0.4, -0.2) is 41.1 Å². The molecule has 1 N–H and O–H groups in total. The Morgan fingerprint density at radius 1 is 0.903 bits per heavy atom. The van der Waals surface area contributed by atoms with E-state index in [1.807, 2.05) is 0 Å². The summed E-state index contributed by atoms with van der Waals surface area (Å²) in [6.45, 7) is 6.99. The largest absolute Gasteiger partial charge is 0.463 e. The summed E-state index contributed by atoms with van der Waals surface area (Å²) in [6.07, 6.45) is 8.45. The third-order valence-corrected chi connectivity index (χ3v) is 9.97. The van der Waals surface area contributed by atoms with Crippen LogP contribution in [-0.2, 0) is 23.9 Å². The number of ketones is 1. The summed E-state index contributed by atoms with van der Waals surface area (Å²) in [5, 5.41) is 11.5. The van der Waals surface area contributed by atoms with Crippen LogP contribution in [0.3, 0.4) is 0 Å². The van der Waals surface area contributed by atoms with Crippen LogP contribution in [0.2, 0.25) is 0 Å². The van der Waals surface area contributed by atoms with E-state index in [0.29, 0.717) is 30.1 Å². The first-order valence-electron chi connectivity index (χ1n) is 12.1. The molecular weight excluding hydrogens is 396 g/mol. The average Bonchev–Trinajstić information content (AvgIpc) is 2.98. The van der Waals surface area contributed by atoms with E-state index in [-0.39, 0.29) is 29.9 Å². The van der Waals surface area contributed by atoms with Crippen molar-refractivity contribution in [2.45, 2.75) is 97.2 Å². The van der Waals surface area contributed by atoms with Gasteiger partial charge in [0.05, 0.1) is 0 Å². The number of esters is 2. The number of carbonyl (C=O) groups is 3. The summed E-state index contributed by atoms with van der Waals surface area (Å²) in [6, 6.07) is 0. The molecule has 8 atom stereocenters. The highest BCUT2D eigenvalue weighted by Gasteiger charge is 2.66. The third kappa shape index (κ3) is 3.53. The molecule has 0 aromatic heterocycles. The Bertz CT molecular complexity index is 763. The van der Waals surface area contributed by atoms with Crippen molar-refractivity contribution >= 4 is 17.7 Å². The second-order valence-corrected chi connectivity index (χ2v) is 11.2. The predicted octanol–water partition coefficient (Wildman–Crippen LogP) is 3.82. The Labute approximate surface area is 185 Å². The quantitative estimate of drug-likeness (QED) is 0.677. The van der Waals surface area contributed by atoms with Crippen LogP contribution in [0.25, 0.3) is 0 Å². The molecule has 4 fully saturated rings. The lowest BCUT2D eigenvalue weighted by Gasteiger charge is -2.61. The van der Waals surface area contributed by atoms with E-state index in [1.54, 1.807) is 0 Å². The summed E-state index contributed by atoms with van der Waals surface area (Å²) in [5.41, 5.74) is -1.62. The first-order chi connectivity index (χ1) is 14.5. The molecule has 0 saturated heterocycles. The Morgan fingerprint density at radius 3 is 2.29 bits per heavy atom. The molecule has 0 aromatic carbocycles. The second kappa shape index (κ2) is 7.86. The highest BCUT2D eigenvalue weighted by molar-refractivity contribution is 5.90. The average molecular weight is 435 g/mol. The highest BCUT2D eigenvalue weighted by Crippen LogP contribution is 2.68. The van der Waals surface area contributed by atoms with Gasteiger partial charge in [0.2, 0.25) is 5.78 Å². The van der Waals surface area contributed by atoms with Gasteiger partial charge in [0, 0.05) is 19.3 Å². The van der Waals surface area contributed by atoms with E-state index in [0.717, 1.165) is 51.4 Å². The van der Waals surface area contributed by atoms with Gasteiger partial charge in [-0.25, -0.2) is 0 Å². The van der Waals surface area contributed by atoms with Gasteiger partial charge in [-0.05, 0) is 86.9 Å². The minimum atomic E-state index is -1.40. The molecule has 174 valence electrons. The van der Waals surface area contributed by atoms with Gasteiger partial charge in [-0.1, -0.05) is 13.8 Å². The monoisotopic (exact) mass is 434 g/mol. The molecule has 31 heavy (non-hydrogen) atoms. The molecule has 4 rings (SSSR count). The lowest BCUT2D eigenvalue weighted by atomic mass is 9.44. The molecule has 0 aromatic rings. The minimum Gasteiger partial charge on any atom is -0.463 e. The molecule has 4 aliphatic carbocycles. The maximum atomic E-state index is 12.9. The van der Waals surface area contributed by atoms with Crippen molar-refractivity contribution in [2.24, 2.45) is 34.5 Å². The van der Waals surface area contributed by atoms with Crippen molar-refractivity contribution in [2.75, 3.05) is 6.61 Å². The molecule has 0 spiro atoms.